The Morgan fingerprint density at radius 2 is 2.17 bits per heavy atom. The Morgan fingerprint density at radius 1 is 1.44 bits per heavy atom. The summed E-state index contributed by atoms with van der Waals surface area (Å²) in [6.45, 7) is 1.93. The minimum atomic E-state index is -0.136. The lowest BCUT2D eigenvalue weighted by Crippen LogP contribution is -2.39. The van der Waals surface area contributed by atoms with E-state index in [2.05, 4.69) is 5.32 Å². The van der Waals surface area contributed by atoms with Crippen molar-refractivity contribution in [1.82, 2.24) is 5.32 Å². The Kier molecular flexibility index (Phi) is 4.53. The summed E-state index contributed by atoms with van der Waals surface area (Å²) in [5.74, 6) is 2.27. The van der Waals surface area contributed by atoms with Gasteiger partial charge >= 0.3 is 0 Å². The van der Waals surface area contributed by atoms with Crippen molar-refractivity contribution < 1.29 is 4.79 Å². The van der Waals surface area contributed by atoms with Gasteiger partial charge in [-0.25, -0.2) is 0 Å². The van der Waals surface area contributed by atoms with Crippen LogP contribution in [0.3, 0.4) is 0 Å². The highest BCUT2D eigenvalue weighted by Gasteiger charge is 2.20. The highest BCUT2D eigenvalue weighted by Crippen LogP contribution is 2.20. The number of nitrogens with one attached hydrogen (secondary N) is 1. The molecule has 0 bridgehead atoms. The first-order valence-electron chi connectivity index (χ1n) is 6.40. The Morgan fingerprint density at radius 3 is 2.83 bits per heavy atom. The van der Waals surface area contributed by atoms with Crippen molar-refractivity contribution in [3.05, 3.63) is 29.8 Å². The van der Waals surface area contributed by atoms with Crippen LogP contribution >= 0.6 is 11.8 Å². The molecule has 4 heteroatoms. The molecule has 1 atom stereocenters. The number of benzene rings is 1. The van der Waals surface area contributed by atoms with Crippen LogP contribution in [0.2, 0.25) is 0 Å². The largest absolute Gasteiger partial charge is 0.399 e. The second kappa shape index (κ2) is 6.14. The zero-order valence-corrected chi connectivity index (χ0v) is 11.5. The highest BCUT2D eigenvalue weighted by molar-refractivity contribution is 7.99. The number of amides is 1. The summed E-state index contributed by atoms with van der Waals surface area (Å²) in [6.07, 6.45) is 2.17. The fourth-order valence-corrected chi connectivity index (χ4v) is 3.25. The Hall–Kier alpha value is -1.16. The van der Waals surface area contributed by atoms with Crippen molar-refractivity contribution in [3.8, 4) is 0 Å². The molecule has 18 heavy (non-hydrogen) atoms. The number of hydrogen-bond acceptors (Lipinski definition) is 3. The molecule has 1 heterocycles. The maximum atomic E-state index is 12.2. The van der Waals surface area contributed by atoms with Crippen molar-refractivity contribution in [2.75, 3.05) is 17.2 Å². The molecule has 98 valence electrons. The van der Waals surface area contributed by atoms with Crippen LogP contribution in [0.15, 0.2) is 24.3 Å². The third kappa shape index (κ3) is 3.42. The maximum absolute atomic E-state index is 12.2. The summed E-state index contributed by atoms with van der Waals surface area (Å²) in [5, 5.41) is 3.14. The monoisotopic (exact) mass is 264 g/mol. The van der Waals surface area contributed by atoms with Crippen LogP contribution in [0.4, 0.5) is 5.69 Å². The molecule has 0 saturated carbocycles. The molecule has 1 aliphatic heterocycles. The summed E-state index contributed by atoms with van der Waals surface area (Å²) >= 11 is 1.96. The predicted molar refractivity (Wildman–Crippen MR) is 77.8 cm³/mol. The first kappa shape index (κ1) is 13.3. The third-order valence-electron chi connectivity index (χ3n) is 3.37. The summed E-state index contributed by atoms with van der Waals surface area (Å²) in [7, 11) is 0. The van der Waals surface area contributed by atoms with Crippen LogP contribution < -0.4 is 11.1 Å². The van der Waals surface area contributed by atoms with Crippen LogP contribution in [-0.2, 0) is 4.79 Å². The van der Waals surface area contributed by atoms with Gasteiger partial charge in [0.1, 0.15) is 0 Å². The van der Waals surface area contributed by atoms with E-state index in [0.717, 1.165) is 29.9 Å². The lowest BCUT2D eigenvalue weighted by atomic mass is 9.99. The third-order valence-corrected chi connectivity index (χ3v) is 4.42. The second-order valence-electron chi connectivity index (χ2n) is 4.79. The molecule has 1 unspecified atom stereocenters. The Balaban J connectivity index is 1.95. The summed E-state index contributed by atoms with van der Waals surface area (Å²) < 4.78 is 0. The number of nitrogens with two attached hydrogens (primary N) is 1. The fraction of sp³-hybridized carbons (Fsp3) is 0.500. The van der Waals surface area contributed by atoms with E-state index in [1.54, 1.807) is 0 Å². The number of hydrogen-bond donors (Lipinski definition) is 2. The molecule has 0 spiro atoms. The Bertz CT molecular complexity index is 416. The van der Waals surface area contributed by atoms with Gasteiger partial charge in [0.05, 0.1) is 5.92 Å². The van der Waals surface area contributed by atoms with E-state index in [1.165, 1.54) is 0 Å². The predicted octanol–water partition coefficient (Wildman–Crippen LogP) is 2.38. The minimum Gasteiger partial charge on any atom is -0.399 e. The number of anilines is 1. The van der Waals surface area contributed by atoms with Gasteiger partial charge in [0.25, 0.3) is 0 Å². The Labute approximate surface area is 113 Å². The molecule has 2 rings (SSSR count). The highest BCUT2D eigenvalue weighted by atomic mass is 32.2. The molecule has 1 amide bonds. The van der Waals surface area contributed by atoms with Gasteiger partial charge < -0.3 is 11.1 Å². The molecule has 1 aromatic carbocycles. The molecule has 0 aromatic heterocycles. The molecule has 0 aliphatic carbocycles. The number of carbonyl (C=O) groups is 1. The van der Waals surface area contributed by atoms with Crippen LogP contribution in [-0.4, -0.2) is 23.5 Å². The molecular formula is C14H20N2OS. The standard InChI is InChI=1S/C14H20N2OS/c1-10(11-3-2-4-12(15)9-11)14(17)16-13-5-7-18-8-6-13/h2-4,9-10,13H,5-8,15H2,1H3,(H,16,17). The molecule has 1 fully saturated rings. The number of nitrogen functional groups attached to an aromatic ring is 1. The smallest absolute Gasteiger partial charge is 0.227 e. The average molecular weight is 264 g/mol. The number of rotatable bonds is 3. The van der Waals surface area contributed by atoms with E-state index >= 15 is 0 Å². The zero-order valence-electron chi connectivity index (χ0n) is 10.7. The van der Waals surface area contributed by atoms with Crippen molar-refractivity contribution in [2.24, 2.45) is 0 Å². The van der Waals surface area contributed by atoms with Crippen molar-refractivity contribution >= 4 is 23.4 Å². The lowest BCUT2D eigenvalue weighted by molar-refractivity contribution is -0.122. The molecule has 1 aliphatic rings. The number of thioether (sulfide) groups is 1. The topological polar surface area (TPSA) is 55.1 Å². The average Bonchev–Trinajstić information content (AvgIpc) is 2.39. The van der Waals surface area contributed by atoms with Gasteiger partial charge in [-0.15, -0.1) is 0 Å². The van der Waals surface area contributed by atoms with Gasteiger partial charge in [0, 0.05) is 11.7 Å². The van der Waals surface area contributed by atoms with Gasteiger partial charge in [-0.05, 0) is 49.0 Å². The van der Waals surface area contributed by atoms with Crippen LogP contribution in [0, 0.1) is 0 Å². The quantitative estimate of drug-likeness (QED) is 0.824. The van der Waals surface area contributed by atoms with Gasteiger partial charge in [-0.2, -0.15) is 11.8 Å². The number of carbonyl (C=O) groups excluding carboxylic acids is 1. The first-order valence-corrected chi connectivity index (χ1v) is 7.56. The van der Waals surface area contributed by atoms with E-state index < -0.39 is 0 Å². The molecule has 1 saturated heterocycles. The summed E-state index contributed by atoms with van der Waals surface area (Å²) in [4.78, 5) is 12.2. The van der Waals surface area contributed by atoms with Crippen LogP contribution in [0.25, 0.3) is 0 Å². The first-order chi connectivity index (χ1) is 8.66. The zero-order chi connectivity index (χ0) is 13.0. The molecule has 1 aromatic rings. The van der Waals surface area contributed by atoms with Crippen LogP contribution in [0.5, 0.6) is 0 Å². The van der Waals surface area contributed by atoms with E-state index in [4.69, 9.17) is 5.73 Å². The molecule has 3 N–H and O–H groups in total. The van der Waals surface area contributed by atoms with Gasteiger partial charge in [-0.1, -0.05) is 12.1 Å². The SMILES string of the molecule is CC(C(=O)NC1CCSCC1)c1cccc(N)c1. The lowest BCUT2D eigenvalue weighted by Gasteiger charge is -2.24. The van der Waals surface area contributed by atoms with E-state index in [-0.39, 0.29) is 11.8 Å². The maximum Gasteiger partial charge on any atom is 0.227 e. The van der Waals surface area contributed by atoms with Crippen molar-refractivity contribution in [1.29, 1.82) is 0 Å². The molecule has 3 nitrogen and oxygen atoms in total. The summed E-state index contributed by atoms with van der Waals surface area (Å²) in [5.41, 5.74) is 7.44. The minimum absolute atomic E-state index is 0.109. The van der Waals surface area contributed by atoms with E-state index in [1.807, 2.05) is 43.0 Å². The normalized spacial score (nSPS) is 18.3. The second-order valence-corrected chi connectivity index (χ2v) is 6.01. The molecular weight excluding hydrogens is 244 g/mol. The van der Waals surface area contributed by atoms with E-state index in [9.17, 15) is 4.79 Å². The van der Waals surface area contributed by atoms with Gasteiger partial charge in [0.2, 0.25) is 5.91 Å². The van der Waals surface area contributed by atoms with Crippen molar-refractivity contribution in [3.63, 3.8) is 0 Å². The summed E-state index contributed by atoms with van der Waals surface area (Å²) in [6, 6.07) is 7.92. The molecule has 0 radical (unpaired) electrons. The fourth-order valence-electron chi connectivity index (χ4n) is 2.15. The van der Waals surface area contributed by atoms with Crippen LogP contribution in [0.1, 0.15) is 31.2 Å². The van der Waals surface area contributed by atoms with E-state index in [0.29, 0.717) is 11.7 Å². The van der Waals surface area contributed by atoms with Crippen molar-refractivity contribution in [2.45, 2.75) is 31.7 Å². The van der Waals surface area contributed by atoms with Gasteiger partial charge in [-0.3, -0.25) is 4.79 Å². The van der Waals surface area contributed by atoms with Gasteiger partial charge in [0.15, 0.2) is 0 Å².